The van der Waals surface area contributed by atoms with E-state index in [1.807, 2.05) is 0 Å². The third-order valence-electron chi connectivity index (χ3n) is 6.30. The minimum Gasteiger partial charge on any atom is -0.480 e. The first kappa shape index (κ1) is 28.7. The highest BCUT2D eigenvalue weighted by molar-refractivity contribution is 6.30. The summed E-state index contributed by atoms with van der Waals surface area (Å²) in [7, 11) is 1.64. The largest absolute Gasteiger partial charge is 0.480 e. The zero-order valence-electron chi connectivity index (χ0n) is 21.4. The fourth-order valence-electron chi connectivity index (χ4n) is 4.23. The second-order valence-corrected chi connectivity index (χ2v) is 9.60. The first-order valence-corrected chi connectivity index (χ1v) is 13.2. The number of unbranched alkanes of at least 4 members (excludes halogenated alkanes) is 1. The van der Waals surface area contributed by atoms with Crippen LogP contribution >= 0.6 is 11.6 Å². The molecule has 10 heteroatoms. The number of carbonyl (C=O) groups is 2. The number of nitrogens with zero attached hydrogens (tertiary/aromatic N) is 2. The van der Waals surface area contributed by atoms with Crippen LogP contribution in [0.2, 0.25) is 5.02 Å². The molecule has 0 radical (unpaired) electrons. The number of methoxy groups -OCH3 is 1. The molecular formula is C27H37ClN4O5. The standard InChI is InChI=1S/C27H37ClN4O5/c1-36-17-16-32(14-3-2-9-23-11-10-21-7-5-13-29-25(21)30-23)15-12-24(26(33)34)31-27(35)37-19-20-6-4-8-22(28)18-20/h4,6,8,10-11,18,24H,2-3,5,7,9,12-17,19H2,1H3,(H,29,30)(H,31,35)(H,33,34). The second kappa shape index (κ2) is 15.4. The summed E-state index contributed by atoms with van der Waals surface area (Å²) in [6.07, 6.45) is 4.52. The van der Waals surface area contributed by atoms with Gasteiger partial charge < -0.3 is 30.1 Å². The quantitative estimate of drug-likeness (QED) is 0.293. The molecule has 3 rings (SSSR count). The van der Waals surface area contributed by atoms with Gasteiger partial charge in [-0.1, -0.05) is 29.8 Å². The Morgan fingerprint density at radius 3 is 2.86 bits per heavy atom. The predicted octanol–water partition coefficient (Wildman–Crippen LogP) is 4.13. The molecule has 1 aliphatic heterocycles. The molecule has 1 aliphatic rings. The summed E-state index contributed by atoms with van der Waals surface area (Å²) in [5.74, 6) is -0.0812. The lowest BCUT2D eigenvalue weighted by atomic mass is 10.1. The highest BCUT2D eigenvalue weighted by atomic mass is 35.5. The molecule has 0 spiro atoms. The van der Waals surface area contributed by atoms with E-state index in [4.69, 9.17) is 26.1 Å². The second-order valence-electron chi connectivity index (χ2n) is 9.16. The molecule has 1 aromatic heterocycles. The van der Waals surface area contributed by atoms with Crippen LogP contribution in [0, 0.1) is 0 Å². The minimum absolute atomic E-state index is 0.00777. The van der Waals surface area contributed by atoms with Gasteiger partial charge in [-0.3, -0.25) is 0 Å². The molecule has 1 atom stereocenters. The van der Waals surface area contributed by atoms with Gasteiger partial charge in [0.2, 0.25) is 0 Å². The number of halogens is 1. The Morgan fingerprint density at radius 1 is 1.22 bits per heavy atom. The maximum atomic E-state index is 12.2. The van der Waals surface area contributed by atoms with Gasteiger partial charge in [0.25, 0.3) is 0 Å². The molecule has 2 aromatic rings. The number of anilines is 1. The van der Waals surface area contributed by atoms with Crippen LogP contribution in [0.25, 0.3) is 0 Å². The Balaban J connectivity index is 1.42. The highest BCUT2D eigenvalue weighted by Gasteiger charge is 2.22. The third-order valence-corrected chi connectivity index (χ3v) is 6.54. The summed E-state index contributed by atoms with van der Waals surface area (Å²) in [5, 5.41) is 16.0. The van der Waals surface area contributed by atoms with Gasteiger partial charge in [-0.25, -0.2) is 14.6 Å². The van der Waals surface area contributed by atoms with Crippen LogP contribution in [0.5, 0.6) is 0 Å². The predicted molar refractivity (Wildman–Crippen MR) is 143 cm³/mol. The number of aromatic nitrogens is 1. The summed E-state index contributed by atoms with van der Waals surface area (Å²) in [4.78, 5) is 30.9. The number of amides is 1. The van der Waals surface area contributed by atoms with Crippen LogP contribution in [0.4, 0.5) is 10.6 Å². The molecule has 0 bridgehead atoms. The van der Waals surface area contributed by atoms with Crippen LogP contribution in [-0.2, 0) is 33.7 Å². The molecule has 0 saturated carbocycles. The number of ether oxygens (including phenoxy) is 2. The molecule has 1 amide bonds. The van der Waals surface area contributed by atoms with E-state index in [1.54, 1.807) is 31.4 Å². The van der Waals surface area contributed by atoms with Gasteiger partial charge in [0.15, 0.2) is 0 Å². The molecule has 0 saturated heterocycles. The van der Waals surface area contributed by atoms with Crippen molar-refractivity contribution in [1.82, 2.24) is 15.2 Å². The maximum absolute atomic E-state index is 12.2. The topological polar surface area (TPSA) is 113 Å². The van der Waals surface area contributed by atoms with Crippen molar-refractivity contribution in [3.63, 3.8) is 0 Å². The average Bonchev–Trinajstić information content (AvgIpc) is 2.90. The van der Waals surface area contributed by atoms with E-state index in [1.165, 1.54) is 5.56 Å². The number of hydrogen-bond acceptors (Lipinski definition) is 7. The summed E-state index contributed by atoms with van der Waals surface area (Å²) >= 11 is 5.94. The van der Waals surface area contributed by atoms with E-state index in [9.17, 15) is 14.7 Å². The normalized spacial score (nSPS) is 13.5. The van der Waals surface area contributed by atoms with Crippen molar-refractivity contribution in [2.24, 2.45) is 0 Å². The van der Waals surface area contributed by atoms with Crippen molar-refractivity contribution in [2.45, 2.75) is 51.2 Å². The Hall–Kier alpha value is -2.88. The lowest BCUT2D eigenvalue weighted by molar-refractivity contribution is -0.139. The van der Waals surface area contributed by atoms with Gasteiger partial charge in [0.1, 0.15) is 18.5 Å². The minimum atomic E-state index is -1.10. The van der Waals surface area contributed by atoms with E-state index in [-0.39, 0.29) is 13.0 Å². The molecule has 1 aromatic carbocycles. The molecule has 0 fully saturated rings. The zero-order valence-corrected chi connectivity index (χ0v) is 22.1. The van der Waals surface area contributed by atoms with Crippen LogP contribution in [0.15, 0.2) is 36.4 Å². The summed E-state index contributed by atoms with van der Waals surface area (Å²) in [5.41, 5.74) is 3.10. The van der Waals surface area contributed by atoms with E-state index in [0.717, 1.165) is 62.3 Å². The van der Waals surface area contributed by atoms with Crippen LogP contribution in [0.3, 0.4) is 0 Å². The van der Waals surface area contributed by atoms with Crippen molar-refractivity contribution in [2.75, 3.05) is 45.2 Å². The first-order valence-electron chi connectivity index (χ1n) is 12.8. The molecule has 37 heavy (non-hydrogen) atoms. The Bertz CT molecular complexity index is 1020. The number of carboxylic acids is 1. The van der Waals surface area contributed by atoms with Crippen molar-refractivity contribution < 1.29 is 24.2 Å². The zero-order chi connectivity index (χ0) is 26.5. The Labute approximate surface area is 223 Å². The number of fused-ring (bicyclic) bond motifs is 1. The highest BCUT2D eigenvalue weighted by Crippen LogP contribution is 2.20. The van der Waals surface area contributed by atoms with E-state index in [0.29, 0.717) is 24.7 Å². The summed E-state index contributed by atoms with van der Waals surface area (Å²) in [6, 6.07) is 10.2. The number of nitrogens with one attached hydrogen (secondary N) is 2. The number of rotatable bonds is 15. The average molecular weight is 533 g/mol. The van der Waals surface area contributed by atoms with E-state index < -0.39 is 18.1 Å². The van der Waals surface area contributed by atoms with Crippen molar-refractivity contribution in [3.05, 3.63) is 58.2 Å². The molecule has 0 aliphatic carbocycles. The van der Waals surface area contributed by atoms with Crippen LogP contribution in [-0.4, -0.2) is 73.0 Å². The molecule has 2 heterocycles. The number of hydrogen-bond donors (Lipinski definition) is 3. The van der Waals surface area contributed by atoms with E-state index >= 15 is 0 Å². The third kappa shape index (κ3) is 10.2. The number of alkyl carbamates (subject to hydrolysis) is 1. The lowest BCUT2D eigenvalue weighted by Crippen LogP contribution is -2.43. The van der Waals surface area contributed by atoms with Crippen LogP contribution < -0.4 is 10.6 Å². The summed E-state index contributed by atoms with van der Waals surface area (Å²) in [6.45, 7) is 3.53. The molecule has 3 N–H and O–H groups in total. The SMILES string of the molecule is COCCN(CCCCc1ccc2c(n1)NCCC2)CCC(NC(=O)OCc1cccc(Cl)c1)C(=O)O. The number of aliphatic carboxylic acids is 1. The summed E-state index contributed by atoms with van der Waals surface area (Å²) < 4.78 is 10.4. The molecule has 202 valence electrons. The number of carbonyl (C=O) groups excluding carboxylic acids is 1. The molecular weight excluding hydrogens is 496 g/mol. The van der Waals surface area contributed by atoms with Gasteiger partial charge in [-0.15, -0.1) is 0 Å². The number of carboxylic acid groups (broad SMARTS) is 1. The molecule has 9 nitrogen and oxygen atoms in total. The fourth-order valence-corrected chi connectivity index (χ4v) is 4.45. The van der Waals surface area contributed by atoms with Gasteiger partial charge in [-0.05, 0) is 74.4 Å². The van der Waals surface area contributed by atoms with Crippen molar-refractivity contribution in [1.29, 1.82) is 0 Å². The van der Waals surface area contributed by atoms with Crippen molar-refractivity contribution >= 4 is 29.5 Å². The van der Waals surface area contributed by atoms with E-state index in [2.05, 4.69) is 27.7 Å². The van der Waals surface area contributed by atoms with Gasteiger partial charge >= 0.3 is 12.1 Å². The number of benzene rings is 1. The maximum Gasteiger partial charge on any atom is 0.408 e. The number of aryl methyl sites for hydroxylation is 2. The van der Waals surface area contributed by atoms with Crippen molar-refractivity contribution in [3.8, 4) is 0 Å². The Morgan fingerprint density at radius 2 is 2.08 bits per heavy atom. The lowest BCUT2D eigenvalue weighted by Gasteiger charge is -2.24. The Kier molecular flexibility index (Phi) is 11.9. The smallest absolute Gasteiger partial charge is 0.408 e. The van der Waals surface area contributed by atoms with Gasteiger partial charge in [0, 0.05) is 37.5 Å². The molecule has 1 unspecified atom stereocenters. The van der Waals surface area contributed by atoms with Gasteiger partial charge in [0.05, 0.1) is 6.61 Å². The number of pyridine rings is 1. The van der Waals surface area contributed by atoms with Gasteiger partial charge in [-0.2, -0.15) is 0 Å². The van der Waals surface area contributed by atoms with Crippen LogP contribution in [0.1, 0.15) is 42.5 Å². The monoisotopic (exact) mass is 532 g/mol. The fraction of sp³-hybridized carbons (Fsp3) is 0.519. The first-order chi connectivity index (χ1) is 17.9.